The Morgan fingerprint density at radius 2 is 2.50 bits per heavy atom. The summed E-state index contributed by atoms with van der Waals surface area (Å²) in [6.45, 7) is 2.63. The molecule has 1 heterocycles. The zero-order chi connectivity index (χ0) is 4.57. The van der Waals surface area contributed by atoms with E-state index in [9.17, 15) is 4.79 Å². The Balaban J connectivity index is 2.39. The molecule has 0 spiro atoms. The second-order valence-corrected chi connectivity index (χ2v) is 1.58. The van der Waals surface area contributed by atoms with Crippen molar-refractivity contribution in [2.75, 3.05) is 6.54 Å². The van der Waals surface area contributed by atoms with Gasteiger partial charge >= 0.3 is 0 Å². The van der Waals surface area contributed by atoms with Gasteiger partial charge in [0.05, 0.1) is 12.5 Å². The van der Waals surface area contributed by atoms with E-state index in [1.54, 1.807) is 0 Å². The molecule has 0 aromatic rings. The highest BCUT2D eigenvalue weighted by Gasteiger charge is 2.23. The fourth-order valence-corrected chi connectivity index (χ4v) is 0.348. The second-order valence-electron chi connectivity index (χ2n) is 1.58. The lowest BCUT2D eigenvalue weighted by Gasteiger charge is -2.17. The predicted octanol–water partition coefficient (Wildman–Crippen LogP) is -0.233. The molecule has 1 fully saturated rings. The van der Waals surface area contributed by atoms with Gasteiger partial charge in [-0.25, -0.2) is 0 Å². The van der Waals surface area contributed by atoms with Crippen molar-refractivity contribution in [1.82, 2.24) is 5.32 Å². The number of carbonyl (C=O) groups excluding carboxylic acids is 1. The number of rotatable bonds is 0. The van der Waals surface area contributed by atoms with Crippen molar-refractivity contribution in [2.45, 2.75) is 6.92 Å². The van der Waals surface area contributed by atoms with Crippen molar-refractivity contribution >= 4 is 5.91 Å². The van der Waals surface area contributed by atoms with E-state index in [-0.39, 0.29) is 11.8 Å². The number of carbonyl (C=O) groups is 1. The highest BCUT2D eigenvalue weighted by Crippen LogP contribution is 2.02. The first-order chi connectivity index (χ1) is 2.80. The Morgan fingerprint density at radius 1 is 2.00 bits per heavy atom. The number of nitrogens with zero attached hydrogens (tertiary/aromatic N) is 1. The molecule has 1 amide bonds. The van der Waals surface area contributed by atoms with Gasteiger partial charge in [0, 0.05) is 0 Å². The van der Waals surface area contributed by atoms with Gasteiger partial charge in [0.2, 0.25) is 5.91 Å². The van der Waals surface area contributed by atoms with E-state index in [0.717, 1.165) is 6.54 Å². The Kier molecular flexibility index (Phi) is 0.587. The van der Waals surface area contributed by atoms with E-state index in [1.807, 2.05) is 6.92 Å². The molecule has 0 N–H and O–H groups in total. The predicted molar refractivity (Wildman–Crippen MR) is 21.2 cm³/mol. The number of amides is 1. The highest BCUT2D eigenvalue weighted by molar-refractivity contribution is 5.83. The van der Waals surface area contributed by atoms with Crippen LogP contribution in [0.25, 0.3) is 0 Å². The average Bonchev–Trinajstić information content (AvgIpc) is 1.61. The van der Waals surface area contributed by atoms with E-state index in [0.29, 0.717) is 0 Å². The van der Waals surface area contributed by atoms with Crippen molar-refractivity contribution < 1.29 is 4.79 Å². The number of hydrogen-bond donors (Lipinski definition) is 0. The van der Waals surface area contributed by atoms with E-state index in [4.69, 9.17) is 0 Å². The van der Waals surface area contributed by atoms with Gasteiger partial charge in [-0.05, 0) is 0 Å². The lowest BCUT2D eigenvalue weighted by Crippen LogP contribution is -2.40. The third-order valence-electron chi connectivity index (χ3n) is 0.943. The van der Waals surface area contributed by atoms with Crippen LogP contribution >= 0.6 is 0 Å². The summed E-state index contributed by atoms with van der Waals surface area (Å²) in [7, 11) is 0. The topological polar surface area (TPSA) is 31.2 Å². The van der Waals surface area contributed by atoms with Crippen LogP contribution in [0.3, 0.4) is 0 Å². The Hall–Kier alpha value is -0.530. The van der Waals surface area contributed by atoms with Gasteiger partial charge in [0.15, 0.2) is 0 Å². The molecule has 1 aliphatic rings. The summed E-state index contributed by atoms with van der Waals surface area (Å²) in [6, 6.07) is 0. The second kappa shape index (κ2) is 0.965. The molecule has 0 saturated carbocycles. The van der Waals surface area contributed by atoms with Gasteiger partial charge < -0.3 is 0 Å². The first-order valence-corrected chi connectivity index (χ1v) is 2.02. The van der Waals surface area contributed by atoms with Crippen molar-refractivity contribution in [3.05, 3.63) is 0 Å². The molecule has 0 bridgehead atoms. The summed E-state index contributed by atoms with van der Waals surface area (Å²) >= 11 is 0. The van der Waals surface area contributed by atoms with E-state index in [1.165, 1.54) is 0 Å². The molecular formula is C4H6NO. The molecule has 1 atom stereocenters. The van der Waals surface area contributed by atoms with E-state index in [2.05, 4.69) is 5.32 Å². The summed E-state index contributed by atoms with van der Waals surface area (Å²) in [5, 5.41) is 3.51. The normalized spacial score (nSPS) is 31.5. The van der Waals surface area contributed by atoms with Crippen LogP contribution in [0.15, 0.2) is 0 Å². The minimum Gasteiger partial charge on any atom is -0.273 e. The smallest absolute Gasteiger partial charge is 0.245 e. The maximum absolute atomic E-state index is 10.1. The summed E-state index contributed by atoms with van der Waals surface area (Å²) < 4.78 is 0. The molecule has 1 aliphatic heterocycles. The van der Waals surface area contributed by atoms with Gasteiger partial charge in [0.25, 0.3) is 0 Å². The van der Waals surface area contributed by atoms with E-state index < -0.39 is 0 Å². The molecule has 33 valence electrons. The van der Waals surface area contributed by atoms with Crippen LogP contribution in [0.2, 0.25) is 0 Å². The molecule has 1 saturated heterocycles. The minimum atomic E-state index is 0.0648. The molecule has 1 radical (unpaired) electrons. The van der Waals surface area contributed by atoms with Crippen LogP contribution in [0.1, 0.15) is 6.92 Å². The van der Waals surface area contributed by atoms with Crippen LogP contribution in [0, 0.1) is 5.92 Å². The van der Waals surface area contributed by atoms with Gasteiger partial charge in [0.1, 0.15) is 0 Å². The summed E-state index contributed by atoms with van der Waals surface area (Å²) in [5.74, 6) is 0.292. The number of hydrogen-bond acceptors (Lipinski definition) is 1. The first-order valence-electron chi connectivity index (χ1n) is 2.02. The van der Waals surface area contributed by atoms with Crippen LogP contribution in [0.4, 0.5) is 0 Å². The van der Waals surface area contributed by atoms with Gasteiger partial charge in [-0.15, -0.1) is 0 Å². The first kappa shape index (κ1) is 3.65. The van der Waals surface area contributed by atoms with Gasteiger partial charge in [-0.3, -0.25) is 10.1 Å². The zero-order valence-electron chi connectivity index (χ0n) is 3.64. The third kappa shape index (κ3) is 0.295. The van der Waals surface area contributed by atoms with Crippen molar-refractivity contribution in [3.8, 4) is 0 Å². The Bertz CT molecular complexity index is 79.6. The Morgan fingerprint density at radius 3 is 2.50 bits per heavy atom. The van der Waals surface area contributed by atoms with Crippen LogP contribution < -0.4 is 5.32 Å². The van der Waals surface area contributed by atoms with Crippen molar-refractivity contribution in [1.29, 1.82) is 0 Å². The SMILES string of the molecule is CC1C[N]C1=O. The van der Waals surface area contributed by atoms with Crippen LogP contribution in [-0.4, -0.2) is 12.5 Å². The number of β-lactam (4-membered cyclic amide) rings is 1. The largest absolute Gasteiger partial charge is 0.273 e. The standard InChI is InChI=1S/C4H6NO/c1-3-2-5-4(3)6/h3H,2H2,1H3. The molecule has 2 heteroatoms. The van der Waals surface area contributed by atoms with Crippen molar-refractivity contribution in [2.24, 2.45) is 5.92 Å². The van der Waals surface area contributed by atoms with E-state index >= 15 is 0 Å². The van der Waals surface area contributed by atoms with Crippen LogP contribution in [-0.2, 0) is 4.79 Å². The fraction of sp³-hybridized carbons (Fsp3) is 0.750. The highest BCUT2D eigenvalue weighted by atomic mass is 16.2. The summed E-state index contributed by atoms with van der Waals surface area (Å²) in [5.41, 5.74) is 0. The summed E-state index contributed by atoms with van der Waals surface area (Å²) in [4.78, 5) is 10.1. The lowest BCUT2D eigenvalue weighted by atomic mass is 10.1. The molecule has 2 nitrogen and oxygen atoms in total. The molecular weight excluding hydrogens is 78.0 g/mol. The molecule has 0 aromatic heterocycles. The maximum atomic E-state index is 10.1. The maximum Gasteiger partial charge on any atom is 0.245 e. The summed E-state index contributed by atoms with van der Waals surface area (Å²) in [6.07, 6.45) is 0. The molecule has 1 rings (SSSR count). The quantitative estimate of drug-likeness (QED) is 0.373. The van der Waals surface area contributed by atoms with Crippen LogP contribution in [0.5, 0.6) is 0 Å². The average molecular weight is 84.1 g/mol. The molecule has 6 heavy (non-hydrogen) atoms. The van der Waals surface area contributed by atoms with Gasteiger partial charge in [-0.2, -0.15) is 0 Å². The molecule has 0 aromatic carbocycles. The van der Waals surface area contributed by atoms with Crippen molar-refractivity contribution in [3.63, 3.8) is 0 Å². The Labute approximate surface area is 36.5 Å². The lowest BCUT2D eigenvalue weighted by molar-refractivity contribution is -0.130. The third-order valence-corrected chi connectivity index (χ3v) is 0.943. The fourth-order valence-electron chi connectivity index (χ4n) is 0.348. The zero-order valence-corrected chi connectivity index (χ0v) is 3.64. The molecule has 0 aliphatic carbocycles. The van der Waals surface area contributed by atoms with Gasteiger partial charge in [-0.1, -0.05) is 6.92 Å². The monoisotopic (exact) mass is 84.0 g/mol. The minimum absolute atomic E-state index is 0.0648. The molecule has 1 unspecified atom stereocenters.